The van der Waals surface area contributed by atoms with Crippen molar-refractivity contribution in [2.24, 2.45) is 0 Å². The molecule has 1 N–H and O–H groups in total. The molecule has 7 nitrogen and oxygen atoms in total. The molecular formula is C18H20N6O. The Labute approximate surface area is 146 Å². The summed E-state index contributed by atoms with van der Waals surface area (Å²) in [5.74, 6) is 1.47. The first-order valence-electron chi connectivity index (χ1n) is 8.44. The molecule has 0 radical (unpaired) electrons. The summed E-state index contributed by atoms with van der Waals surface area (Å²) in [7, 11) is 1.71. The van der Waals surface area contributed by atoms with Gasteiger partial charge < -0.3 is 9.64 Å². The van der Waals surface area contributed by atoms with Crippen molar-refractivity contribution < 1.29 is 4.74 Å². The zero-order chi connectivity index (χ0) is 17.1. The van der Waals surface area contributed by atoms with Gasteiger partial charge in [-0.2, -0.15) is 5.21 Å². The van der Waals surface area contributed by atoms with Crippen LogP contribution in [-0.4, -0.2) is 39.3 Å². The van der Waals surface area contributed by atoms with Gasteiger partial charge >= 0.3 is 0 Å². The van der Waals surface area contributed by atoms with Gasteiger partial charge in [-0.25, -0.2) is 0 Å². The average molecular weight is 336 g/mol. The number of hydrogen-bond acceptors (Lipinski definition) is 6. The molecule has 0 amide bonds. The molecule has 0 bridgehead atoms. The molecule has 0 spiro atoms. The third-order valence-electron chi connectivity index (χ3n) is 4.53. The van der Waals surface area contributed by atoms with Crippen LogP contribution in [0.1, 0.15) is 24.1 Å². The van der Waals surface area contributed by atoms with Crippen LogP contribution in [0.15, 0.2) is 36.5 Å². The minimum Gasteiger partial charge on any atom is -0.497 e. The van der Waals surface area contributed by atoms with E-state index >= 15 is 0 Å². The highest BCUT2D eigenvalue weighted by molar-refractivity contribution is 5.59. The van der Waals surface area contributed by atoms with E-state index in [4.69, 9.17) is 4.74 Å². The Kier molecular flexibility index (Phi) is 4.28. The molecule has 1 aromatic carbocycles. The fourth-order valence-electron chi connectivity index (χ4n) is 3.26. The SMILES string of the molecule is COc1ccc2c(c1)N(Cc1cc(-c3nn[nH]n3)ccn1)CCCC2. The van der Waals surface area contributed by atoms with E-state index in [0.29, 0.717) is 5.82 Å². The maximum atomic E-state index is 5.42. The first-order valence-corrected chi connectivity index (χ1v) is 8.44. The van der Waals surface area contributed by atoms with Crippen LogP contribution in [0.25, 0.3) is 11.4 Å². The molecule has 0 aliphatic carbocycles. The number of rotatable bonds is 4. The fourth-order valence-corrected chi connectivity index (χ4v) is 3.26. The first kappa shape index (κ1) is 15.6. The predicted octanol–water partition coefficient (Wildman–Crippen LogP) is 2.61. The smallest absolute Gasteiger partial charge is 0.204 e. The lowest BCUT2D eigenvalue weighted by Crippen LogP contribution is -2.24. The number of aromatic nitrogens is 5. The number of nitrogens with one attached hydrogen (secondary N) is 1. The number of ether oxygens (including phenoxy) is 1. The number of anilines is 1. The molecule has 0 saturated carbocycles. The topological polar surface area (TPSA) is 79.8 Å². The van der Waals surface area contributed by atoms with E-state index in [1.54, 1.807) is 13.3 Å². The minimum absolute atomic E-state index is 0.585. The Morgan fingerprint density at radius 2 is 2.16 bits per heavy atom. The zero-order valence-corrected chi connectivity index (χ0v) is 14.1. The van der Waals surface area contributed by atoms with Crippen molar-refractivity contribution in [1.29, 1.82) is 0 Å². The van der Waals surface area contributed by atoms with E-state index in [9.17, 15) is 0 Å². The lowest BCUT2D eigenvalue weighted by molar-refractivity contribution is 0.414. The van der Waals surface area contributed by atoms with Gasteiger partial charge in [-0.15, -0.1) is 10.2 Å². The number of tetrazole rings is 1. The summed E-state index contributed by atoms with van der Waals surface area (Å²) in [6.07, 6.45) is 5.27. The molecule has 3 heterocycles. The summed E-state index contributed by atoms with van der Waals surface area (Å²) in [4.78, 5) is 6.91. The van der Waals surface area contributed by atoms with Crippen LogP contribution in [0, 0.1) is 0 Å². The Hall–Kier alpha value is -2.96. The number of pyridine rings is 1. The van der Waals surface area contributed by atoms with Crippen LogP contribution < -0.4 is 9.64 Å². The van der Waals surface area contributed by atoms with Gasteiger partial charge in [0.15, 0.2) is 0 Å². The number of aromatic amines is 1. The summed E-state index contributed by atoms with van der Waals surface area (Å²) >= 11 is 0. The Morgan fingerprint density at radius 1 is 1.20 bits per heavy atom. The molecule has 2 aromatic heterocycles. The summed E-state index contributed by atoms with van der Waals surface area (Å²) in [6.45, 7) is 1.75. The Balaban J connectivity index is 1.64. The molecule has 0 saturated heterocycles. The quantitative estimate of drug-likeness (QED) is 0.789. The van der Waals surface area contributed by atoms with Crippen molar-refractivity contribution in [3.05, 3.63) is 47.8 Å². The summed E-state index contributed by atoms with van der Waals surface area (Å²) in [6, 6.07) is 10.3. The predicted molar refractivity (Wildman–Crippen MR) is 94.4 cm³/mol. The van der Waals surface area contributed by atoms with Crippen molar-refractivity contribution in [3.8, 4) is 17.1 Å². The lowest BCUT2D eigenvalue weighted by atomic mass is 10.1. The van der Waals surface area contributed by atoms with Gasteiger partial charge in [0, 0.05) is 30.1 Å². The second kappa shape index (κ2) is 6.88. The van der Waals surface area contributed by atoms with Crippen LogP contribution in [0.3, 0.4) is 0 Å². The second-order valence-electron chi connectivity index (χ2n) is 6.14. The van der Waals surface area contributed by atoms with Crippen molar-refractivity contribution >= 4 is 5.69 Å². The Morgan fingerprint density at radius 3 is 3.00 bits per heavy atom. The molecule has 1 aliphatic rings. The van der Waals surface area contributed by atoms with Gasteiger partial charge in [0.05, 0.1) is 19.3 Å². The standard InChI is InChI=1S/C18H20N6O/c1-25-16-6-5-13-4-2-3-9-24(17(13)11-16)12-15-10-14(7-8-19-15)18-20-22-23-21-18/h5-8,10-11H,2-4,9,12H2,1H3,(H,20,21,22,23). The summed E-state index contributed by atoms with van der Waals surface area (Å²) in [5, 5.41) is 14.2. The highest BCUT2D eigenvalue weighted by atomic mass is 16.5. The molecule has 128 valence electrons. The number of fused-ring (bicyclic) bond motifs is 1. The van der Waals surface area contributed by atoms with Crippen LogP contribution in [0.2, 0.25) is 0 Å². The number of methoxy groups -OCH3 is 1. The van der Waals surface area contributed by atoms with Gasteiger partial charge in [0.1, 0.15) is 5.75 Å². The van der Waals surface area contributed by atoms with Crippen molar-refractivity contribution in [2.75, 3.05) is 18.6 Å². The fraction of sp³-hybridized carbons (Fsp3) is 0.333. The molecule has 1 aliphatic heterocycles. The normalized spacial score (nSPS) is 14.0. The van der Waals surface area contributed by atoms with Gasteiger partial charge in [0.2, 0.25) is 5.82 Å². The number of hydrogen-bond donors (Lipinski definition) is 1. The zero-order valence-electron chi connectivity index (χ0n) is 14.1. The van der Waals surface area contributed by atoms with Gasteiger partial charge in [0.25, 0.3) is 0 Å². The molecule has 0 unspecified atom stereocenters. The van der Waals surface area contributed by atoms with E-state index in [1.165, 1.54) is 24.1 Å². The number of aryl methyl sites for hydroxylation is 1. The number of H-pyrrole nitrogens is 1. The third kappa shape index (κ3) is 3.31. The molecular weight excluding hydrogens is 316 g/mol. The van der Waals surface area contributed by atoms with Crippen LogP contribution in [-0.2, 0) is 13.0 Å². The van der Waals surface area contributed by atoms with E-state index < -0.39 is 0 Å². The van der Waals surface area contributed by atoms with Gasteiger partial charge in [-0.3, -0.25) is 4.98 Å². The van der Waals surface area contributed by atoms with Gasteiger partial charge in [-0.05, 0) is 48.2 Å². The summed E-state index contributed by atoms with van der Waals surface area (Å²) in [5.41, 5.74) is 4.51. The van der Waals surface area contributed by atoms with Gasteiger partial charge in [-0.1, -0.05) is 6.07 Å². The van der Waals surface area contributed by atoms with Crippen molar-refractivity contribution in [3.63, 3.8) is 0 Å². The molecule has 7 heteroatoms. The van der Waals surface area contributed by atoms with E-state index in [2.05, 4.69) is 42.6 Å². The highest BCUT2D eigenvalue weighted by Crippen LogP contribution is 2.31. The maximum Gasteiger partial charge on any atom is 0.204 e. The second-order valence-corrected chi connectivity index (χ2v) is 6.14. The van der Waals surface area contributed by atoms with Crippen molar-refractivity contribution in [2.45, 2.75) is 25.8 Å². The monoisotopic (exact) mass is 336 g/mol. The Bertz CT molecular complexity index is 849. The molecule has 4 rings (SSSR count). The largest absolute Gasteiger partial charge is 0.497 e. The summed E-state index contributed by atoms with van der Waals surface area (Å²) < 4.78 is 5.42. The lowest BCUT2D eigenvalue weighted by Gasteiger charge is -2.25. The molecule has 0 atom stereocenters. The third-order valence-corrected chi connectivity index (χ3v) is 4.53. The number of benzene rings is 1. The highest BCUT2D eigenvalue weighted by Gasteiger charge is 2.17. The van der Waals surface area contributed by atoms with Crippen LogP contribution in [0.4, 0.5) is 5.69 Å². The molecule has 0 fully saturated rings. The van der Waals surface area contributed by atoms with Crippen molar-refractivity contribution in [1.82, 2.24) is 25.6 Å². The van der Waals surface area contributed by atoms with E-state index in [1.807, 2.05) is 18.2 Å². The van der Waals surface area contributed by atoms with E-state index in [0.717, 1.165) is 36.5 Å². The molecule has 25 heavy (non-hydrogen) atoms. The first-order chi connectivity index (χ1) is 12.3. The van der Waals surface area contributed by atoms with Crippen LogP contribution >= 0.6 is 0 Å². The average Bonchev–Trinajstić information content (AvgIpc) is 3.12. The van der Waals surface area contributed by atoms with Crippen LogP contribution in [0.5, 0.6) is 5.75 Å². The number of nitrogens with zero attached hydrogens (tertiary/aromatic N) is 5. The molecule has 3 aromatic rings. The minimum atomic E-state index is 0.585. The van der Waals surface area contributed by atoms with E-state index in [-0.39, 0.29) is 0 Å². The maximum absolute atomic E-state index is 5.42.